The van der Waals surface area contributed by atoms with Gasteiger partial charge < -0.3 is 15.0 Å². The summed E-state index contributed by atoms with van der Waals surface area (Å²) >= 11 is 1.67. The third kappa shape index (κ3) is 2.69. The maximum atomic E-state index is 12.4. The summed E-state index contributed by atoms with van der Waals surface area (Å²) in [6.07, 6.45) is 0. The molecule has 1 aliphatic rings. The average Bonchev–Trinajstić information content (AvgIpc) is 2.97. The van der Waals surface area contributed by atoms with Gasteiger partial charge in [-0.05, 0) is 24.3 Å². The van der Waals surface area contributed by atoms with Crippen molar-refractivity contribution in [3.05, 3.63) is 48.5 Å². The highest BCUT2D eigenvalue weighted by Gasteiger charge is 2.34. The van der Waals surface area contributed by atoms with E-state index >= 15 is 0 Å². The first-order valence-electron chi connectivity index (χ1n) is 7.79. The van der Waals surface area contributed by atoms with E-state index in [9.17, 15) is 4.79 Å². The van der Waals surface area contributed by atoms with Gasteiger partial charge in [0.1, 0.15) is 5.75 Å². The second-order valence-electron chi connectivity index (χ2n) is 5.76. The number of thiazole rings is 1. The molecule has 4 rings (SSSR count). The number of hydrogen-bond donors (Lipinski definition) is 1. The summed E-state index contributed by atoms with van der Waals surface area (Å²) in [6, 6.07) is 15.5. The van der Waals surface area contributed by atoms with Crippen molar-refractivity contribution in [2.24, 2.45) is 5.92 Å². The summed E-state index contributed by atoms with van der Waals surface area (Å²) in [4.78, 5) is 19.2. The van der Waals surface area contributed by atoms with E-state index in [2.05, 4.69) is 21.3 Å². The number of fused-ring (bicyclic) bond motifs is 1. The summed E-state index contributed by atoms with van der Waals surface area (Å²) in [6.45, 7) is 1.39. The minimum absolute atomic E-state index is 0.0249. The number of anilines is 2. The van der Waals surface area contributed by atoms with E-state index in [-0.39, 0.29) is 11.8 Å². The lowest BCUT2D eigenvalue weighted by Gasteiger charge is -2.38. The molecule has 3 aromatic rings. The third-order valence-electron chi connectivity index (χ3n) is 4.17. The number of nitrogens with zero attached hydrogens (tertiary/aromatic N) is 2. The first kappa shape index (κ1) is 15.0. The summed E-state index contributed by atoms with van der Waals surface area (Å²) < 4.78 is 6.44. The molecule has 24 heavy (non-hydrogen) atoms. The number of benzene rings is 2. The van der Waals surface area contributed by atoms with Gasteiger partial charge in [-0.15, -0.1) is 0 Å². The quantitative estimate of drug-likeness (QED) is 0.792. The zero-order chi connectivity index (χ0) is 16.5. The van der Waals surface area contributed by atoms with E-state index in [4.69, 9.17) is 4.74 Å². The van der Waals surface area contributed by atoms with E-state index in [1.807, 2.05) is 42.5 Å². The van der Waals surface area contributed by atoms with E-state index < -0.39 is 0 Å². The van der Waals surface area contributed by atoms with Gasteiger partial charge in [0.15, 0.2) is 5.13 Å². The molecule has 0 spiro atoms. The molecular weight excluding hydrogens is 322 g/mol. The maximum absolute atomic E-state index is 12.4. The van der Waals surface area contributed by atoms with Crippen LogP contribution in [0.25, 0.3) is 10.2 Å². The van der Waals surface area contributed by atoms with Crippen LogP contribution < -0.4 is 15.0 Å². The molecule has 1 aromatic heterocycles. The van der Waals surface area contributed by atoms with Gasteiger partial charge in [0.2, 0.25) is 5.91 Å². The summed E-state index contributed by atoms with van der Waals surface area (Å²) in [5.41, 5.74) is 1.72. The third-order valence-corrected chi connectivity index (χ3v) is 5.27. The van der Waals surface area contributed by atoms with Crippen LogP contribution in [0.5, 0.6) is 5.75 Å². The van der Waals surface area contributed by atoms with Gasteiger partial charge in [0.05, 0.1) is 28.9 Å². The molecule has 122 valence electrons. The summed E-state index contributed by atoms with van der Waals surface area (Å²) in [5, 5.41) is 3.94. The molecule has 1 N–H and O–H groups in total. The standard InChI is InChI=1S/C18H17N3O2S/c1-23-15-8-4-2-6-13(15)19-17(22)12-10-21(11-12)18-20-14-7-3-5-9-16(14)24-18/h2-9,12H,10-11H2,1H3,(H,19,22). The van der Waals surface area contributed by atoms with Crippen molar-refractivity contribution in [1.29, 1.82) is 0 Å². The molecule has 1 amide bonds. The molecule has 0 saturated carbocycles. The number of carbonyl (C=O) groups excluding carboxylic acids is 1. The number of aromatic nitrogens is 1. The molecule has 0 unspecified atom stereocenters. The lowest BCUT2D eigenvalue weighted by Crippen LogP contribution is -2.52. The maximum Gasteiger partial charge on any atom is 0.231 e. The molecule has 6 heteroatoms. The lowest BCUT2D eigenvalue weighted by atomic mass is 10.00. The van der Waals surface area contributed by atoms with Crippen molar-refractivity contribution in [1.82, 2.24) is 4.98 Å². The summed E-state index contributed by atoms with van der Waals surface area (Å²) in [7, 11) is 1.60. The number of hydrogen-bond acceptors (Lipinski definition) is 5. The van der Waals surface area contributed by atoms with Crippen molar-refractivity contribution < 1.29 is 9.53 Å². The number of para-hydroxylation sites is 3. The summed E-state index contributed by atoms with van der Waals surface area (Å²) in [5.74, 6) is 0.673. The zero-order valence-electron chi connectivity index (χ0n) is 13.2. The van der Waals surface area contributed by atoms with Crippen LogP contribution in [-0.2, 0) is 4.79 Å². The van der Waals surface area contributed by atoms with E-state index in [0.29, 0.717) is 24.5 Å². The Morgan fingerprint density at radius 1 is 1.21 bits per heavy atom. The first-order valence-corrected chi connectivity index (χ1v) is 8.60. The topological polar surface area (TPSA) is 54.5 Å². The molecule has 0 radical (unpaired) electrons. The number of methoxy groups -OCH3 is 1. The molecule has 0 aliphatic carbocycles. The Balaban J connectivity index is 1.40. The fourth-order valence-corrected chi connectivity index (χ4v) is 3.76. The second kappa shape index (κ2) is 6.13. The molecule has 5 nitrogen and oxygen atoms in total. The highest BCUT2D eigenvalue weighted by Crippen LogP contribution is 2.33. The molecule has 0 atom stereocenters. The Kier molecular flexibility index (Phi) is 3.82. The SMILES string of the molecule is COc1ccccc1NC(=O)C1CN(c2nc3ccccc3s2)C1. The Morgan fingerprint density at radius 3 is 2.75 bits per heavy atom. The Labute approximate surface area is 143 Å². The van der Waals surface area contributed by atoms with Gasteiger partial charge >= 0.3 is 0 Å². The minimum Gasteiger partial charge on any atom is -0.495 e. The van der Waals surface area contributed by atoms with E-state index in [1.165, 1.54) is 4.70 Å². The molecule has 1 saturated heterocycles. The monoisotopic (exact) mass is 339 g/mol. The van der Waals surface area contributed by atoms with E-state index in [1.54, 1.807) is 18.4 Å². The Morgan fingerprint density at radius 2 is 1.96 bits per heavy atom. The smallest absolute Gasteiger partial charge is 0.231 e. The van der Waals surface area contributed by atoms with Crippen molar-refractivity contribution in [3.8, 4) is 5.75 Å². The molecule has 2 heterocycles. The van der Waals surface area contributed by atoms with Crippen LogP contribution in [0.4, 0.5) is 10.8 Å². The van der Waals surface area contributed by atoms with Gasteiger partial charge in [-0.25, -0.2) is 4.98 Å². The van der Waals surface area contributed by atoms with Crippen LogP contribution >= 0.6 is 11.3 Å². The van der Waals surface area contributed by atoms with Crippen LogP contribution in [0.15, 0.2) is 48.5 Å². The van der Waals surface area contributed by atoms with Crippen LogP contribution in [0, 0.1) is 5.92 Å². The zero-order valence-corrected chi connectivity index (χ0v) is 14.0. The first-order chi connectivity index (χ1) is 11.7. The van der Waals surface area contributed by atoms with Crippen molar-refractivity contribution >= 4 is 38.3 Å². The average molecular weight is 339 g/mol. The van der Waals surface area contributed by atoms with Gasteiger partial charge in [-0.3, -0.25) is 4.79 Å². The fraction of sp³-hybridized carbons (Fsp3) is 0.222. The highest BCUT2D eigenvalue weighted by atomic mass is 32.1. The second-order valence-corrected chi connectivity index (χ2v) is 6.76. The van der Waals surface area contributed by atoms with Gasteiger partial charge in [-0.2, -0.15) is 0 Å². The van der Waals surface area contributed by atoms with Gasteiger partial charge in [-0.1, -0.05) is 35.6 Å². The molecular formula is C18H17N3O2S. The Hall–Kier alpha value is -2.60. The highest BCUT2D eigenvalue weighted by molar-refractivity contribution is 7.22. The minimum atomic E-state index is -0.0260. The molecule has 1 fully saturated rings. The number of nitrogens with one attached hydrogen (secondary N) is 1. The van der Waals surface area contributed by atoms with Crippen LogP contribution in [0.1, 0.15) is 0 Å². The number of carbonyl (C=O) groups is 1. The Bertz CT molecular complexity index is 854. The molecule has 1 aliphatic heterocycles. The van der Waals surface area contributed by atoms with Gasteiger partial charge in [0, 0.05) is 13.1 Å². The van der Waals surface area contributed by atoms with Crippen LogP contribution in [0.3, 0.4) is 0 Å². The van der Waals surface area contributed by atoms with Crippen molar-refractivity contribution in [3.63, 3.8) is 0 Å². The number of ether oxygens (including phenoxy) is 1. The van der Waals surface area contributed by atoms with E-state index in [0.717, 1.165) is 10.6 Å². The predicted molar refractivity (Wildman–Crippen MR) is 96.9 cm³/mol. The molecule has 2 aromatic carbocycles. The normalized spacial score (nSPS) is 14.5. The molecule has 0 bridgehead atoms. The number of rotatable bonds is 4. The van der Waals surface area contributed by atoms with Gasteiger partial charge in [0.25, 0.3) is 0 Å². The van der Waals surface area contributed by atoms with Crippen LogP contribution in [0.2, 0.25) is 0 Å². The number of amides is 1. The predicted octanol–water partition coefficient (Wildman–Crippen LogP) is 3.38. The fourth-order valence-electron chi connectivity index (χ4n) is 2.78. The van der Waals surface area contributed by atoms with Crippen molar-refractivity contribution in [2.45, 2.75) is 0 Å². The largest absolute Gasteiger partial charge is 0.495 e. The van der Waals surface area contributed by atoms with Crippen molar-refractivity contribution in [2.75, 3.05) is 30.4 Å². The van der Waals surface area contributed by atoms with Crippen LogP contribution in [-0.4, -0.2) is 31.1 Å². The lowest BCUT2D eigenvalue weighted by molar-refractivity contribution is -0.120.